The molecule has 1 atom stereocenters. The smallest absolute Gasteiger partial charge is 0.416 e. The first-order valence-corrected chi connectivity index (χ1v) is 11.8. The minimum absolute atomic E-state index is 0.139. The molecule has 0 aliphatic heterocycles. The van der Waals surface area contributed by atoms with Gasteiger partial charge in [-0.2, -0.15) is 17.5 Å². The Labute approximate surface area is 201 Å². The van der Waals surface area contributed by atoms with Crippen molar-refractivity contribution in [2.75, 3.05) is 6.26 Å². The van der Waals surface area contributed by atoms with Gasteiger partial charge in [-0.1, -0.05) is 23.2 Å². The Morgan fingerprint density at radius 2 is 1.71 bits per heavy atom. The average Bonchev–Trinajstić information content (AvgIpc) is 2.74. The molecule has 3 aromatic rings. The second-order valence-electron chi connectivity index (χ2n) is 6.83. The predicted molar refractivity (Wildman–Crippen MR) is 120 cm³/mol. The lowest BCUT2D eigenvalue weighted by Crippen LogP contribution is -2.07. The van der Waals surface area contributed by atoms with E-state index in [1.807, 2.05) is 0 Å². The number of alkyl halides is 3. The molecule has 0 aliphatic carbocycles. The summed E-state index contributed by atoms with van der Waals surface area (Å²) in [5, 5.41) is 11.4. The molecule has 178 valence electrons. The van der Waals surface area contributed by atoms with Crippen LogP contribution in [0.3, 0.4) is 0 Å². The van der Waals surface area contributed by atoms with Gasteiger partial charge in [0.05, 0.1) is 25.2 Å². The molecule has 0 bridgehead atoms. The van der Waals surface area contributed by atoms with Crippen LogP contribution in [0.15, 0.2) is 69.9 Å². The topological polar surface area (TPSA) is 98.9 Å². The van der Waals surface area contributed by atoms with Crippen LogP contribution in [0.4, 0.5) is 18.9 Å². The van der Waals surface area contributed by atoms with Crippen molar-refractivity contribution >= 4 is 44.5 Å². The van der Waals surface area contributed by atoms with Gasteiger partial charge in [0.15, 0.2) is 0 Å². The normalized spacial score (nSPS) is 13.1. The number of halogens is 5. The van der Waals surface area contributed by atoms with Crippen molar-refractivity contribution in [2.24, 2.45) is 4.36 Å². The molecule has 0 saturated carbocycles. The molecule has 3 aromatic carbocycles. The first-order chi connectivity index (χ1) is 15.8. The van der Waals surface area contributed by atoms with Gasteiger partial charge in [0.25, 0.3) is 11.6 Å². The molecule has 7 nitrogen and oxygen atoms in total. The summed E-state index contributed by atoms with van der Waals surface area (Å²) in [6.45, 7) is 0. The van der Waals surface area contributed by atoms with Crippen molar-refractivity contribution in [1.29, 1.82) is 0 Å². The molecular weight excluding hydrogens is 520 g/mol. The van der Waals surface area contributed by atoms with Crippen LogP contribution >= 0.6 is 23.2 Å². The Bertz CT molecular complexity index is 1400. The highest BCUT2D eigenvalue weighted by Crippen LogP contribution is 2.37. The molecule has 1 amide bonds. The van der Waals surface area contributed by atoms with Crippen LogP contribution in [0.1, 0.15) is 15.9 Å². The highest BCUT2D eigenvalue weighted by molar-refractivity contribution is 7.93. The molecule has 1 unspecified atom stereocenters. The van der Waals surface area contributed by atoms with Crippen molar-refractivity contribution < 1.29 is 31.8 Å². The number of amides is 1. The highest BCUT2D eigenvalue weighted by Gasteiger charge is 2.31. The maximum absolute atomic E-state index is 13.0. The van der Waals surface area contributed by atoms with Crippen LogP contribution < -0.4 is 4.74 Å². The minimum atomic E-state index is -4.62. The van der Waals surface area contributed by atoms with Gasteiger partial charge in [-0.15, -0.1) is 0 Å². The predicted octanol–water partition coefficient (Wildman–Crippen LogP) is 7.01. The van der Waals surface area contributed by atoms with Crippen molar-refractivity contribution in [3.63, 3.8) is 0 Å². The summed E-state index contributed by atoms with van der Waals surface area (Å²) < 4.78 is 60.5. The van der Waals surface area contributed by atoms with Gasteiger partial charge >= 0.3 is 6.18 Å². The van der Waals surface area contributed by atoms with E-state index in [-0.39, 0.29) is 21.4 Å². The summed E-state index contributed by atoms with van der Waals surface area (Å²) in [4.78, 5) is 23.5. The molecular formula is C21H13Cl2F3N2O5S. The molecule has 0 aromatic heterocycles. The maximum atomic E-state index is 13.0. The van der Waals surface area contributed by atoms with Crippen molar-refractivity contribution in [3.8, 4) is 11.5 Å². The van der Waals surface area contributed by atoms with E-state index in [2.05, 4.69) is 4.36 Å². The van der Waals surface area contributed by atoms with Crippen LogP contribution in [-0.4, -0.2) is 21.3 Å². The molecule has 0 N–H and O–H groups in total. The molecule has 0 radical (unpaired) electrons. The fourth-order valence-electron chi connectivity index (χ4n) is 2.74. The lowest BCUT2D eigenvalue weighted by molar-refractivity contribution is -0.385. The molecule has 3 rings (SSSR count). The van der Waals surface area contributed by atoms with Gasteiger partial charge in [0, 0.05) is 28.3 Å². The van der Waals surface area contributed by atoms with Gasteiger partial charge in [-0.25, -0.2) is 4.21 Å². The van der Waals surface area contributed by atoms with Crippen molar-refractivity contribution in [2.45, 2.75) is 11.1 Å². The zero-order valence-corrected chi connectivity index (χ0v) is 19.3. The van der Waals surface area contributed by atoms with Crippen LogP contribution in [0.2, 0.25) is 10.0 Å². The number of ether oxygens (including phenoxy) is 1. The monoisotopic (exact) mass is 532 g/mol. The lowest BCUT2D eigenvalue weighted by atomic mass is 10.1. The Hall–Kier alpha value is -3.15. The third-order valence-electron chi connectivity index (χ3n) is 4.39. The summed E-state index contributed by atoms with van der Waals surface area (Å²) in [5.41, 5.74) is -2.16. The number of nitrogens with zero attached hydrogens (tertiary/aromatic N) is 2. The number of carbonyl (C=O) groups is 1. The highest BCUT2D eigenvalue weighted by atomic mass is 35.5. The first kappa shape index (κ1) is 25.5. The quantitative estimate of drug-likeness (QED) is 0.260. The van der Waals surface area contributed by atoms with E-state index in [4.69, 9.17) is 27.9 Å². The summed E-state index contributed by atoms with van der Waals surface area (Å²) in [7, 11) is -3.29. The largest absolute Gasteiger partial charge is 0.456 e. The van der Waals surface area contributed by atoms with Crippen LogP contribution in [0.25, 0.3) is 0 Å². The fraction of sp³-hybridized carbons (Fsp3) is 0.0952. The van der Waals surface area contributed by atoms with Crippen molar-refractivity contribution in [3.05, 3.63) is 92.0 Å². The minimum Gasteiger partial charge on any atom is -0.456 e. The number of hydrogen-bond acceptors (Lipinski definition) is 5. The molecule has 0 spiro atoms. The first-order valence-electron chi connectivity index (χ1n) is 9.13. The summed E-state index contributed by atoms with van der Waals surface area (Å²) >= 11 is 11.7. The number of hydrogen-bond donors (Lipinski definition) is 0. The SMILES string of the molecule is CS(=O)(=NC(=O)c1cc(Oc2ccc(C(F)(F)F)cc2Cl)ccc1[N+](=O)[O-])c1ccc(Cl)cc1. The van der Waals surface area contributed by atoms with Gasteiger partial charge < -0.3 is 4.74 Å². The lowest BCUT2D eigenvalue weighted by Gasteiger charge is -2.12. The Kier molecular flexibility index (Phi) is 7.20. The number of rotatable bonds is 5. The van der Waals surface area contributed by atoms with Gasteiger partial charge in [-0.05, 0) is 48.5 Å². The average molecular weight is 533 g/mol. The molecule has 34 heavy (non-hydrogen) atoms. The van der Waals surface area contributed by atoms with Gasteiger partial charge in [-0.3, -0.25) is 14.9 Å². The Balaban J connectivity index is 2.00. The van der Waals surface area contributed by atoms with E-state index in [9.17, 15) is 32.3 Å². The zero-order chi connectivity index (χ0) is 25.3. The summed E-state index contributed by atoms with van der Waals surface area (Å²) in [6.07, 6.45) is -3.43. The number of nitro groups is 1. The molecule has 0 heterocycles. The summed E-state index contributed by atoms with van der Waals surface area (Å²) in [5.74, 6) is -1.47. The van der Waals surface area contributed by atoms with Crippen LogP contribution in [0.5, 0.6) is 11.5 Å². The fourth-order valence-corrected chi connectivity index (χ4v) is 4.25. The molecule has 0 saturated heterocycles. The second-order valence-corrected chi connectivity index (χ2v) is 9.94. The van der Waals surface area contributed by atoms with E-state index in [0.29, 0.717) is 11.1 Å². The number of carbonyl (C=O) groups excluding carboxylic acids is 1. The molecule has 0 aliphatic rings. The zero-order valence-electron chi connectivity index (χ0n) is 17.0. The van der Waals surface area contributed by atoms with E-state index in [1.54, 1.807) is 0 Å². The summed E-state index contributed by atoms with van der Waals surface area (Å²) in [6, 6.07) is 11.1. The van der Waals surface area contributed by atoms with E-state index in [1.165, 1.54) is 30.5 Å². The number of benzene rings is 3. The van der Waals surface area contributed by atoms with Gasteiger partial charge in [0.2, 0.25) is 0 Å². The van der Waals surface area contributed by atoms with Crippen LogP contribution in [-0.2, 0) is 15.9 Å². The van der Waals surface area contributed by atoms with E-state index < -0.39 is 43.6 Å². The standard InChI is InChI=1S/C21H13Cl2F3N2O5S/c1-34(32,15-6-3-13(22)4-7-15)27-20(29)16-11-14(5-8-18(16)28(30)31)33-19-9-2-12(10-17(19)23)21(24,25)26/h2-11H,1H3. The molecule has 13 heteroatoms. The Morgan fingerprint density at radius 3 is 2.26 bits per heavy atom. The number of nitro benzene ring substituents is 1. The van der Waals surface area contributed by atoms with Crippen LogP contribution in [0, 0.1) is 10.1 Å². The molecule has 0 fully saturated rings. The Morgan fingerprint density at radius 1 is 1.06 bits per heavy atom. The van der Waals surface area contributed by atoms with Gasteiger partial charge in [0.1, 0.15) is 17.1 Å². The van der Waals surface area contributed by atoms with E-state index in [0.717, 1.165) is 30.3 Å². The van der Waals surface area contributed by atoms with E-state index >= 15 is 0 Å². The second kappa shape index (κ2) is 9.61. The maximum Gasteiger partial charge on any atom is 0.416 e. The van der Waals surface area contributed by atoms with Crippen molar-refractivity contribution in [1.82, 2.24) is 0 Å². The third-order valence-corrected chi connectivity index (χ3v) is 6.60. The third kappa shape index (κ3) is 5.85.